The van der Waals surface area contributed by atoms with Crippen LogP contribution in [-0.4, -0.2) is 72.4 Å². The second-order valence-corrected chi connectivity index (χ2v) is 17.4. The van der Waals surface area contributed by atoms with Gasteiger partial charge in [0.05, 0.1) is 6.61 Å². The van der Waals surface area contributed by atoms with Gasteiger partial charge in [-0.2, -0.15) is 0 Å². The Bertz CT molecular complexity index is 942. The summed E-state index contributed by atoms with van der Waals surface area (Å²) in [6, 6.07) is 0. The Morgan fingerprint density at radius 2 is 0.763 bits per heavy atom. The molecule has 0 heterocycles. The summed E-state index contributed by atoms with van der Waals surface area (Å²) in [5.74, 6) is -0.222. The number of esters is 2. The SMILES string of the molecule is CCCCCCCCCOC(=O)CCCCCCCN(CCCCCCCC(=O)OC(CCCCCCCC)CCCCCCCC)CCCN(C(=O)CC)C(=O)CC. The first-order valence-corrected chi connectivity index (χ1v) is 25.7. The number of hydrogen-bond acceptors (Lipinski definition) is 7. The van der Waals surface area contributed by atoms with E-state index in [0.29, 0.717) is 38.8 Å². The summed E-state index contributed by atoms with van der Waals surface area (Å²) in [6.07, 6.45) is 39.0. The minimum Gasteiger partial charge on any atom is -0.466 e. The highest BCUT2D eigenvalue weighted by Gasteiger charge is 2.19. The number of carbonyl (C=O) groups is 4. The van der Waals surface area contributed by atoms with Crippen LogP contribution < -0.4 is 0 Å². The highest BCUT2D eigenvalue weighted by Crippen LogP contribution is 2.19. The van der Waals surface area contributed by atoms with Crippen LogP contribution in [0.25, 0.3) is 0 Å². The van der Waals surface area contributed by atoms with Gasteiger partial charge in [-0.15, -0.1) is 0 Å². The zero-order valence-corrected chi connectivity index (χ0v) is 39.9. The molecule has 0 fully saturated rings. The number of nitrogens with zero attached hydrogens (tertiary/aromatic N) is 2. The quantitative estimate of drug-likeness (QED) is 0.0445. The van der Waals surface area contributed by atoms with E-state index in [1.165, 1.54) is 101 Å². The molecule has 0 unspecified atom stereocenters. The number of amides is 2. The molecule has 0 aromatic rings. The molecule has 0 aliphatic rings. The fraction of sp³-hybridized carbons (Fsp3) is 0.922. The molecule has 0 N–H and O–H groups in total. The predicted octanol–water partition coefficient (Wildman–Crippen LogP) is 14.2. The van der Waals surface area contributed by atoms with Crippen molar-refractivity contribution in [3.05, 3.63) is 0 Å². The normalized spacial score (nSPS) is 11.4. The predicted molar refractivity (Wildman–Crippen MR) is 249 cm³/mol. The van der Waals surface area contributed by atoms with Crippen molar-refractivity contribution >= 4 is 23.8 Å². The molecule has 0 aromatic heterocycles. The number of rotatable bonds is 45. The molecule has 0 saturated carbocycles. The maximum atomic E-state index is 12.9. The van der Waals surface area contributed by atoms with Gasteiger partial charge in [-0.1, -0.05) is 176 Å². The van der Waals surface area contributed by atoms with E-state index < -0.39 is 0 Å². The number of ether oxygens (including phenoxy) is 2. The summed E-state index contributed by atoms with van der Waals surface area (Å²) in [5, 5.41) is 0. The van der Waals surface area contributed by atoms with Crippen LogP contribution in [0.1, 0.15) is 266 Å². The standard InChI is InChI=1S/C51H98N2O6/c1-6-11-14-17-20-29-36-46-58-50(56)40-32-25-21-27-34-42-52(44-37-45-53(48(54)9-4)49(55)10-5)43-35-28-22-26-33-41-51(57)59-47(38-30-23-18-15-12-7-2)39-31-24-19-16-13-8-3/h47H,6-46H2,1-5H3. The van der Waals surface area contributed by atoms with Gasteiger partial charge < -0.3 is 14.4 Å². The van der Waals surface area contributed by atoms with E-state index in [1.807, 2.05) is 13.8 Å². The van der Waals surface area contributed by atoms with Crippen LogP contribution in [0, 0.1) is 0 Å². The molecule has 0 rings (SSSR count). The first-order valence-electron chi connectivity index (χ1n) is 25.7. The fourth-order valence-corrected chi connectivity index (χ4v) is 7.96. The molecule has 2 amide bonds. The summed E-state index contributed by atoms with van der Waals surface area (Å²) in [7, 11) is 0. The molecule has 0 atom stereocenters. The third kappa shape index (κ3) is 37.5. The molecule has 8 nitrogen and oxygen atoms in total. The van der Waals surface area contributed by atoms with Crippen LogP contribution in [0.4, 0.5) is 0 Å². The highest BCUT2D eigenvalue weighted by atomic mass is 16.5. The van der Waals surface area contributed by atoms with E-state index in [-0.39, 0.29) is 29.9 Å². The molecule has 0 aromatic carbocycles. The second kappa shape index (κ2) is 44.1. The number of imide groups is 1. The van der Waals surface area contributed by atoms with Crippen molar-refractivity contribution in [2.75, 3.05) is 32.8 Å². The van der Waals surface area contributed by atoms with Crippen molar-refractivity contribution < 1.29 is 28.7 Å². The Morgan fingerprint density at radius 1 is 0.390 bits per heavy atom. The maximum absolute atomic E-state index is 12.9. The van der Waals surface area contributed by atoms with Crippen molar-refractivity contribution in [1.29, 1.82) is 0 Å². The number of hydrogen-bond donors (Lipinski definition) is 0. The molecule has 0 radical (unpaired) electrons. The zero-order valence-electron chi connectivity index (χ0n) is 39.9. The summed E-state index contributed by atoms with van der Waals surface area (Å²) < 4.78 is 11.5. The van der Waals surface area contributed by atoms with Crippen molar-refractivity contribution in [1.82, 2.24) is 9.80 Å². The lowest BCUT2D eigenvalue weighted by atomic mass is 10.0. The zero-order chi connectivity index (χ0) is 43.4. The van der Waals surface area contributed by atoms with Crippen molar-refractivity contribution in [2.45, 2.75) is 272 Å². The van der Waals surface area contributed by atoms with Gasteiger partial charge in [-0.3, -0.25) is 24.1 Å². The summed E-state index contributed by atoms with van der Waals surface area (Å²) >= 11 is 0. The maximum Gasteiger partial charge on any atom is 0.306 e. The molecular weight excluding hydrogens is 737 g/mol. The van der Waals surface area contributed by atoms with E-state index in [0.717, 1.165) is 129 Å². The van der Waals surface area contributed by atoms with Gasteiger partial charge in [-0.25, -0.2) is 0 Å². The molecule has 59 heavy (non-hydrogen) atoms. The molecule has 348 valence electrons. The second-order valence-electron chi connectivity index (χ2n) is 17.4. The lowest BCUT2D eigenvalue weighted by molar-refractivity contribution is -0.150. The lowest BCUT2D eigenvalue weighted by Gasteiger charge is -2.25. The average Bonchev–Trinajstić information content (AvgIpc) is 3.23. The smallest absolute Gasteiger partial charge is 0.306 e. The van der Waals surface area contributed by atoms with E-state index in [9.17, 15) is 19.2 Å². The first-order chi connectivity index (χ1) is 28.8. The molecule has 0 aliphatic carbocycles. The molecular formula is C51H98N2O6. The van der Waals surface area contributed by atoms with Gasteiger partial charge in [0.15, 0.2) is 0 Å². The Labute approximate surface area is 365 Å². The Morgan fingerprint density at radius 3 is 1.22 bits per heavy atom. The fourth-order valence-electron chi connectivity index (χ4n) is 7.96. The van der Waals surface area contributed by atoms with Crippen LogP contribution in [0.2, 0.25) is 0 Å². The third-order valence-corrected chi connectivity index (χ3v) is 11.8. The summed E-state index contributed by atoms with van der Waals surface area (Å²) in [5.41, 5.74) is 0. The van der Waals surface area contributed by atoms with Crippen LogP contribution in [0.15, 0.2) is 0 Å². The minimum atomic E-state index is -0.0832. The molecule has 8 heteroatoms. The monoisotopic (exact) mass is 835 g/mol. The number of unbranched alkanes of at least 4 members (excludes halogenated alkanes) is 24. The topological polar surface area (TPSA) is 93.2 Å². The van der Waals surface area contributed by atoms with Crippen molar-refractivity contribution in [3.63, 3.8) is 0 Å². The Hall–Kier alpha value is -1.96. The van der Waals surface area contributed by atoms with Gasteiger partial charge in [0.2, 0.25) is 11.8 Å². The van der Waals surface area contributed by atoms with E-state index in [4.69, 9.17) is 9.47 Å². The van der Waals surface area contributed by atoms with E-state index in [1.54, 1.807) is 0 Å². The van der Waals surface area contributed by atoms with E-state index in [2.05, 4.69) is 25.7 Å². The molecule has 0 aliphatic heterocycles. The third-order valence-electron chi connectivity index (χ3n) is 11.8. The van der Waals surface area contributed by atoms with Gasteiger partial charge >= 0.3 is 11.9 Å². The van der Waals surface area contributed by atoms with Gasteiger partial charge in [0.1, 0.15) is 6.10 Å². The van der Waals surface area contributed by atoms with Crippen LogP contribution in [0.5, 0.6) is 0 Å². The van der Waals surface area contributed by atoms with Gasteiger partial charge in [0, 0.05) is 32.2 Å². The first kappa shape index (κ1) is 57.0. The average molecular weight is 835 g/mol. The van der Waals surface area contributed by atoms with Gasteiger partial charge in [0.25, 0.3) is 0 Å². The van der Waals surface area contributed by atoms with Crippen LogP contribution in [-0.2, 0) is 28.7 Å². The lowest BCUT2D eigenvalue weighted by Crippen LogP contribution is -2.38. The summed E-state index contributed by atoms with van der Waals surface area (Å²) in [6.45, 7) is 14.3. The summed E-state index contributed by atoms with van der Waals surface area (Å²) in [4.78, 5) is 53.8. The molecule has 0 saturated heterocycles. The molecule has 0 bridgehead atoms. The molecule has 0 spiro atoms. The number of carbonyl (C=O) groups excluding carboxylic acids is 4. The van der Waals surface area contributed by atoms with Gasteiger partial charge in [-0.05, 0) is 83.8 Å². The van der Waals surface area contributed by atoms with Crippen LogP contribution in [0.3, 0.4) is 0 Å². The largest absolute Gasteiger partial charge is 0.466 e. The Balaban J connectivity index is 4.59. The highest BCUT2D eigenvalue weighted by molar-refractivity contribution is 5.95. The van der Waals surface area contributed by atoms with Crippen molar-refractivity contribution in [3.8, 4) is 0 Å². The van der Waals surface area contributed by atoms with E-state index >= 15 is 0 Å². The van der Waals surface area contributed by atoms with Crippen LogP contribution >= 0.6 is 0 Å². The van der Waals surface area contributed by atoms with Crippen molar-refractivity contribution in [2.24, 2.45) is 0 Å². The Kier molecular flexibility index (Phi) is 42.6. The minimum absolute atomic E-state index is 0.00553.